The maximum absolute atomic E-state index is 12.1. The molecule has 6 heteroatoms. The van der Waals surface area contributed by atoms with Gasteiger partial charge in [0.25, 0.3) is 0 Å². The summed E-state index contributed by atoms with van der Waals surface area (Å²) in [6.07, 6.45) is 8.98. The van der Waals surface area contributed by atoms with Crippen molar-refractivity contribution in [3.05, 3.63) is 18.5 Å². The van der Waals surface area contributed by atoms with Gasteiger partial charge in [0.15, 0.2) is 0 Å². The summed E-state index contributed by atoms with van der Waals surface area (Å²) in [5, 5.41) is 0. The van der Waals surface area contributed by atoms with Crippen LogP contribution in [-0.4, -0.2) is 53.7 Å². The molecule has 0 radical (unpaired) electrons. The standard InChI is InChI=1S/C16H24N4O2/c21-16(19-9-2-1-3-10-19)22-13-14-6-4-11-20(12-14)15-17-7-5-8-18-15/h5,7-8,14H,1-4,6,9-13H2. The van der Waals surface area contributed by atoms with E-state index in [9.17, 15) is 4.79 Å². The zero-order valence-electron chi connectivity index (χ0n) is 13.0. The van der Waals surface area contributed by atoms with E-state index in [0.717, 1.165) is 57.8 Å². The Labute approximate surface area is 131 Å². The smallest absolute Gasteiger partial charge is 0.409 e. The summed E-state index contributed by atoms with van der Waals surface area (Å²) in [4.78, 5) is 24.7. The maximum Gasteiger partial charge on any atom is 0.409 e. The van der Waals surface area contributed by atoms with Gasteiger partial charge in [-0.25, -0.2) is 14.8 Å². The van der Waals surface area contributed by atoms with Gasteiger partial charge < -0.3 is 14.5 Å². The fourth-order valence-electron chi connectivity index (χ4n) is 3.19. The van der Waals surface area contributed by atoms with Crippen molar-refractivity contribution in [1.82, 2.24) is 14.9 Å². The highest BCUT2D eigenvalue weighted by molar-refractivity contribution is 5.67. The quantitative estimate of drug-likeness (QED) is 0.857. The molecule has 120 valence electrons. The molecule has 0 bridgehead atoms. The number of carbonyl (C=O) groups is 1. The second-order valence-corrected chi connectivity index (χ2v) is 6.13. The molecular weight excluding hydrogens is 280 g/mol. The second kappa shape index (κ2) is 7.42. The van der Waals surface area contributed by atoms with Gasteiger partial charge in [0, 0.05) is 44.5 Å². The van der Waals surface area contributed by atoms with Gasteiger partial charge >= 0.3 is 6.09 Å². The van der Waals surface area contributed by atoms with Gasteiger partial charge in [-0.3, -0.25) is 0 Å². The van der Waals surface area contributed by atoms with E-state index in [1.807, 2.05) is 11.0 Å². The van der Waals surface area contributed by atoms with E-state index in [1.54, 1.807) is 12.4 Å². The molecule has 6 nitrogen and oxygen atoms in total. The first kappa shape index (κ1) is 15.1. The Morgan fingerprint density at radius 1 is 1.14 bits per heavy atom. The van der Waals surface area contributed by atoms with Crippen molar-refractivity contribution in [3.8, 4) is 0 Å². The third-order valence-electron chi connectivity index (χ3n) is 4.41. The first-order valence-corrected chi connectivity index (χ1v) is 8.26. The van der Waals surface area contributed by atoms with Crippen LogP contribution in [0.2, 0.25) is 0 Å². The van der Waals surface area contributed by atoms with Crippen LogP contribution in [0.4, 0.5) is 10.7 Å². The van der Waals surface area contributed by atoms with Crippen molar-refractivity contribution in [2.75, 3.05) is 37.7 Å². The fraction of sp³-hybridized carbons (Fsp3) is 0.688. The molecule has 1 aromatic heterocycles. The Morgan fingerprint density at radius 3 is 2.68 bits per heavy atom. The molecule has 22 heavy (non-hydrogen) atoms. The van der Waals surface area contributed by atoms with Crippen molar-refractivity contribution in [1.29, 1.82) is 0 Å². The van der Waals surface area contributed by atoms with Gasteiger partial charge in [-0.2, -0.15) is 0 Å². The lowest BCUT2D eigenvalue weighted by Crippen LogP contribution is -2.40. The van der Waals surface area contributed by atoms with Crippen LogP contribution < -0.4 is 4.90 Å². The van der Waals surface area contributed by atoms with Gasteiger partial charge in [-0.1, -0.05) is 0 Å². The Morgan fingerprint density at radius 2 is 1.91 bits per heavy atom. The lowest BCUT2D eigenvalue weighted by atomic mass is 9.99. The van der Waals surface area contributed by atoms with E-state index in [2.05, 4.69) is 14.9 Å². The summed E-state index contributed by atoms with van der Waals surface area (Å²) in [6.45, 7) is 4.01. The average molecular weight is 304 g/mol. The minimum absolute atomic E-state index is 0.146. The van der Waals surface area contributed by atoms with Crippen LogP contribution in [0.3, 0.4) is 0 Å². The molecule has 0 aliphatic carbocycles. The van der Waals surface area contributed by atoms with Gasteiger partial charge in [0.05, 0.1) is 6.61 Å². The first-order chi connectivity index (χ1) is 10.8. The third-order valence-corrected chi connectivity index (χ3v) is 4.41. The van der Waals surface area contributed by atoms with Crippen molar-refractivity contribution < 1.29 is 9.53 Å². The normalized spacial score (nSPS) is 22.5. The lowest BCUT2D eigenvalue weighted by Gasteiger charge is -2.33. The first-order valence-electron chi connectivity index (χ1n) is 8.26. The summed E-state index contributed by atoms with van der Waals surface area (Å²) in [6, 6.07) is 1.82. The molecule has 3 heterocycles. The zero-order chi connectivity index (χ0) is 15.2. The van der Waals surface area contributed by atoms with Crippen molar-refractivity contribution in [2.24, 2.45) is 5.92 Å². The summed E-state index contributed by atoms with van der Waals surface area (Å²) < 4.78 is 5.52. The predicted octanol–water partition coefficient (Wildman–Crippen LogP) is 2.32. The van der Waals surface area contributed by atoms with Crippen LogP contribution >= 0.6 is 0 Å². The van der Waals surface area contributed by atoms with Crippen LogP contribution in [0.1, 0.15) is 32.1 Å². The molecule has 0 aromatic carbocycles. The molecule has 1 unspecified atom stereocenters. The molecule has 3 rings (SSSR count). The molecule has 2 fully saturated rings. The van der Waals surface area contributed by atoms with Gasteiger partial charge in [-0.05, 0) is 38.2 Å². The van der Waals surface area contributed by atoms with Crippen molar-refractivity contribution in [3.63, 3.8) is 0 Å². The summed E-state index contributed by atoms with van der Waals surface area (Å²) in [5.74, 6) is 1.14. The van der Waals surface area contributed by atoms with Gasteiger partial charge in [-0.15, -0.1) is 0 Å². The predicted molar refractivity (Wildman–Crippen MR) is 83.7 cm³/mol. The monoisotopic (exact) mass is 304 g/mol. The minimum atomic E-state index is -0.146. The van der Waals surface area contributed by atoms with E-state index >= 15 is 0 Å². The number of rotatable bonds is 3. The van der Waals surface area contributed by atoms with Crippen LogP contribution in [0, 0.1) is 5.92 Å². The number of ether oxygens (including phenoxy) is 1. The van der Waals surface area contributed by atoms with E-state index in [0.29, 0.717) is 12.5 Å². The van der Waals surface area contributed by atoms with E-state index in [1.165, 1.54) is 6.42 Å². The highest BCUT2D eigenvalue weighted by Gasteiger charge is 2.24. The number of anilines is 1. The molecular formula is C16H24N4O2. The number of carbonyl (C=O) groups excluding carboxylic acids is 1. The molecule has 0 spiro atoms. The molecule has 1 aromatic rings. The Balaban J connectivity index is 1.47. The molecule has 2 saturated heterocycles. The van der Waals surface area contributed by atoms with E-state index < -0.39 is 0 Å². The summed E-state index contributed by atoms with van der Waals surface area (Å²) in [5.41, 5.74) is 0. The highest BCUT2D eigenvalue weighted by Crippen LogP contribution is 2.20. The van der Waals surface area contributed by atoms with Gasteiger partial charge in [0.1, 0.15) is 0 Å². The number of likely N-dealkylation sites (tertiary alicyclic amines) is 1. The Bertz CT molecular complexity index is 476. The number of hydrogen-bond acceptors (Lipinski definition) is 5. The second-order valence-electron chi connectivity index (χ2n) is 6.13. The zero-order valence-corrected chi connectivity index (χ0v) is 13.0. The number of hydrogen-bond donors (Lipinski definition) is 0. The highest BCUT2D eigenvalue weighted by atomic mass is 16.6. The lowest BCUT2D eigenvalue weighted by molar-refractivity contribution is 0.0787. The molecule has 0 saturated carbocycles. The Hall–Kier alpha value is -1.85. The van der Waals surface area contributed by atoms with Crippen LogP contribution in [0.5, 0.6) is 0 Å². The molecule has 2 aliphatic heterocycles. The summed E-state index contributed by atoms with van der Waals surface area (Å²) >= 11 is 0. The van der Waals surface area contributed by atoms with Crippen LogP contribution in [0.25, 0.3) is 0 Å². The summed E-state index contributed by atoms with van der Waals surface area (Å²) in [7, 11) is 0. The van der Waals surface area contributed by atoms with Crippen LogP contribution in [-0.2, 0) is 4.74 Å². The fourth-order valence-corrected chi connectivity index (χ4v) is 3.19. The number of aromatic nitrogens is 2. The largest absolute Gasteiger partial charge is 0.449 e. The molecule has 0 N–H and O–H groups in total. The number of piperidine rings is 2. The third kappa shape index (κ3) is 3.87. The average Bonchev–Trinajstić information content (AvgIpc) is 2.61. The minimum Gasteiger partial charge on any atom is -0.449 e. The van der Waals surface area contributed by atoms with Crippen LogP contribution in [0.15, 0.2) is 18.5 Å². The molecule has 1 atom stereocenters. The SMILES string of the molecule is O=C(OCC1CCCN(c2ncccn2)C1)N1CCCCC1. The van der Waals surface area contributed by atoms with Crippen molar-refractivity contribution >= 4 is 12.0 Å². The number of amides is 1. The van der Waals surface area contributed by atoms with Gasteiger partial charge in [0.2, 0.25) is 5.95 Å². The maximum atomic E-state index is 12.1. The molecule has 1 amide bonds. The molecule has 2 aliphatic rings. The number of nitrogens with zero attached hydrogens (tertiary/aromatic N) is 4. The Kier molecular flexibility index (Phi) is 5.08. The van der Waals surface area contributed by atoms with Crippen molar-refractivity contribution in [2.45, 2.75) is 32.1 Å². The topological polar surface area (TPSA) is 58.6 Å². The van der Waals surface area contributed by atoms with E-state index in [4.69, 9.17) is 4.74 Å². The van der Waals surface area contributed by atoms with E-state index in [-0.39, 0.29) is 6.09 Å².